The van der Waals surface area contributed by atoms with E-state index in [1.54, 1.807) is 18.2 Å². The van der Waals surface area contributed by atoms with Crippen molar-refractivity contribution in [3.8, 4) is 0 Å². The van der Waals surface area contributed by atoms with Crippen molar-refractivity contribution in [3.63, 3.8) is 0 Å². The largest absolute Gasteiger partial charge is 0.361 e. The number of aromatic nitrogens is 2. The zero-order valence-corrected chi connectivity index (χ0v) is 12.0. The van der Waals surface area contributed by atoms with Gasteiger partial charge in [-0.2, -0.15) is 0 Å². The number of pyridine rings is 2. The van der Waals surface area contributed by atoms with E-state index < -0.39 is 0 Å². The molecule has 2 aromatic rings. The van der Waals surface area contributed by atoms with Crippen LogP contribution in [-0.4, -0.2) is 21.4 Å². The lowest BCUT2D eigenvalue weighted by Gasteiger charge is -2.24. The van der Waals surface area contributed by atoms with Crippen LogP contribution >= 0.6 is 0 Å². The van der Waals surface area contributed by atoms with Gasteiger partial charge < -0.3 is 4.98 Å². The predicted octanol–water partition coefficient (Wildman–Crippen LogP) is 2.55. The summed E-state index contributed by atoms with van der Waals surface area (Å²) in [7, 11) is 0. The second-order valence-corrected chi connectivity index (χ2v) is 5.55. The van der Waals surface area contributed by atoms with E-state index in [0.717, 1.165) is 36.5 Å². The zero-order chi connectivity index (χ0) is 14.8. The summed E-state index contributed by atoms with van der Waals surface area (Å²) < 4.78 is 12.9. The molecule has 0 bridgehead atoms. The van der Waals surface area contributed by atoms with Crippen LogP contribution in [0.15, 0.2) is 35.3 Å². The molecule has 0 spiro atoms. The van der Waals surface area contributed by atoms with Gasteiger partial charge in [0.2, 0.25) is 0 Å². The topological polar surface area (TPSA) is 49.0 Å². The molecule has 1 fully saturated rings. The number of likely N-dealkylation sites (tertiary alicyclic amines) is 1. The molecule has 1 unspecified atom stereocenters. The minimum atomic E-state index is -0.320. The van der Waals surface area contributed by atoms with Crippen LogP contribution in [0.5, 0.6) is 0 Å². The maximum atomic E-state index is 12.9. The minimum Gasteiger partial charge on any atom is -0.361 e. The molecule has 4 nitrogen and oxygen atoms in total. The number of aromatic amines is 1. The van der Waals surface area contributed by atoms with Crippen LogP contribution in [-0.2, 0) is 6.54 Å². The molecular formula is C16H18FN3O. The fourth-order valence-corrected chi connectivity index (χ4v) is 2.96. The number of H-pyrrole nitrogens is 1. The summed E-state index contributed by atoms with van der Waals surface area (Å²) in [5.41, 5.74) is 2.72. The highest BCUT2D eigenvalue weighted by molar-refractivity contribution is 5.16. The van der Waals surface area contributed by atoms with Crippen molar-refractivity contribution < 1.29 is 4.39 Å². The summed E-state index contributed by atoms with van der Waals surface area (Å²) in [5, 5.41) is 0. The second kappa shape index (κ2) is 5.77. The summed E-state index contributed by atoms with van der Waals surface area (Å²) in [6, 6.07) is 6.62. The molecule has 1 N–H and O–H groups in total. The van der Waals surface area contributed by atoms with Crippen LogP contribution in [0, 0.1) is 12.7 Å². The van der Waals surface area contributed by atoms with Gasteiger partial charge in [0.1, 0.15) is 5.82 Å². The fraction of sp³-hybridized carbons (Fsp3) is 0.375. The Labute approximate surface area is 122 Å². The molecule has 21 heavy (non-hydrogen) atoms. The average Bonchev–Trinajstić information content (AvgIpc) is 2.88. The van der Waals surface area contributed by atoms with Gasteiger partial charge in [-0.15, -0.1) is 0 Å². The number of aryl methyl sites for hydroxylation is 1. The van der Waals surface area contributed by atoms with Gasteiger partial charge in [-0.25, -0.2) is 4.39 Å². The van der Waals surface area contributed by atoms with Crippen LogP contribution in [0.2, 0.25) is 0 Å². The van der Waals surface area contributed by atoms with Crippen molar-refractivity contribution >= 4 is 0 Å². The first-order valence-corrected chi connectivity index (χ1v) is 7.17. The Morgan fingerprint density at radius 1 is 1.43 bits per heavy atom. The average molecular weight is 287 g/mol. The molecule has 3 heterocycles. The monoisotopic (exact) mass is 287 g/mol. The molecule has 0 saturated carbocycles. The highest BCUT2D eigenvalue weighted by atomic mass is 19.1. The third kappa shape index (κ3) is 3.19. The summed E-state index contributed by atoms with van der Waals surface area (Å²) in [4.78, 5) is 21.4. The standard InChI is InChI=1S/C16H18FN3O/c1-11-7-14(21)8-15(19-11)16-3-2-6-20(16)10-13-5-4-12(17)9-18-13/h4-5,7-9,16H,2-3,6,10H2,1H3,(H,19,21). The van der Waals surface area contributed by atoms with E-state index in [-0.39, 0.29) is 17.3 Å². The second-order valence-electron chi connectivity index (χ2n) is 5.55. The fourth-order valence-electron chi connectivity index (χ4n) is 2.96. The molecule has 0 aliphatic carbocycles. The summed E-state index contributed by atoms with van der Waals surface area (Å²) >= 11 is 0. The smallest absolute Gasteiger partial charge is 0.182 e. The number of rotatable bonds is 3. The van der Waals surface area contributed by atoms with Crippen molar-refractivity contribution in [1.29, 1.82) is 0 Å². The Morgan fingerprint density at radius 3 is 3.00 bits per heavy atom. The van der Waals surface area contributed by atoms with Crippen LogP contribution in [0.4, 0.5) is 4.39 Å². The molecule has 0 aromatic carbocycles. The quantitative estimate of drug-likeness (QED) is 0.944. The van der Waals surface area contributed by atoms with Gasteiger partial charge in [-0.1, -0.05) is 0 Å². The zero-order valence-electron chi connectivity index (χ0n) is 12.0. The predicted molar refractivity (Wildman–Crippen MR) is 78.4 cm³/mol. The number of hydrogen-bond acceptors (Lipinski definition) is 3. The normalized spacial score (nSPS) is 19.0. The Morgan fingerprint density at radius 2 is 2.29 bits per heavy atom. The SMILES string of the molecule is Cc1cc(=O)cc(C2CCCN2Cc2ccc(F)cn2)[nH]1. The van der Waals surface area contributed by atoms with Crippen molar-refractivity contribution in [3.05, 3.63) is 63.6 Å². The van der Waals surface area contributed by atoms with Crippen LogP contribution in [0.1, 0.15) is 36.0 Å². The number of halogens is 1. The number of hydrogen-bond donors (Lipinski definition) is 1. The summed E-state index contributed by atoms with van der Waals surface area (Å²) in [6.45, 7) is 3.52. The molecule has 1 aliphatic heterocycles. The van der Waals surface area contributed by atoms with E-state index in [4.69, 9.17) is 0 Å². The summed E-state index contributed by atoms with van der Waals surface area (Å²) in [6.07, 6.45) is 3.34. The van der Waals surface area contributed by atoms with Gasteiger partial charge in [-0.3, -0.25) is 14.7 Å². The van der Waals surface area contributed by atoms with E-state index in [9.17, 15) is 9.18 Å². The van der Waals surface area contributed by atoms with Gasteiger partial charge in [0, 0.05) is 30.1 Å². The van der Waals surface area contributed by atoms with Gasteiger partial charge in [0.05, 0.1) is 17.9 Å². The van der Waals surface area contributed by atoms with E-state index in [1.165, 1.54) is 12.3 Å². The Balaban J connectivity index is 1.82. The van der Waals surface area contributed by atoms with E-state index >= 15 is 0 Å². The molecule has 0 radical (unpaired) electrons. The first-order valence-electron chi connectivity index (χ1n) is 7.17. The van der Waals surface area contributed by atoms with E-state index in [0.29, 0.717) is 6.54 Å². The van der Waals surface area contributed by atoms with Crippen LogP contribution in [0.25, 0.3) is 0 Å². The maximum absolute atomic E-state index is 12.9. The number of nitrogens with zero attached hydrogens (tertiary/aromatic N) is 2. The Kier molecular flexibility index (Phi) is 3.84. The first kappa shape index (κ1) is 13.9. The Hall–Kier alpha value is -2.01. The van der Waals surface area contributed by atoms with Gasteiger partial charge in [0.25, 0.3) is 0 Å². The lowest BCUT2D eigenvalue weighted by molar-refractivity contribution is 0.241. The minimum absolute atomic E-state index is 0.0352. The van der Waals surface area contributed by atoms with Crippen LogP contribution < -0.4 is 5.43 Å². The third-order valence-electron chi connectivity index (χ3n) is 3.87. The van der Waals surface area contributed by atoms with Crippen molar-refractivity contribution in [2.24, 2.45) is 0 Å². The first-order chi connectivity index (χ1) is 10.1. The van der Waals surface area contributed by atoms with Crippen LogP contribution in [0.3, 0.4) is 0 Å². The van der Waals surface area contributed by atoms with E-state index in [1.807, 2.05) is 6.92 Å². The lowest BCUT2D eigenvalue weighted by atomic mass is 10.1. The molecule has 5 heteroatoms. The number of nitrogens with one attached hydrogen (secondary N) is 1. The molecule has 1 atom stereocenters. The molecule has 0 amide bonds. The van der Waals surface area contributed by atoms with Crippen molar-refractivity contribution in [2.45, 2.75) is 32.4 Å². The third-order valence-corrected chi connectivity index (χ3v) is 3.87. The van der Waals surface area contributed by atoms with Gasteiger partial charge >= 0.3 is 0 Å². The molecule has 3 rings (SSSR count). The highest BCUT2D eigenvalue weighted by Crippen LogP contribution is 2.31. The highest BCUT2D eigenvalue weighted by Gasteiger charge is 2.27. The Bertz CT molecular complexity index is 681. The summed E-state index contributed by atoms with van der Waals surface area (Å²) in [5.74, 6) is -0.320. The molecule has 1 aliphatic rings. The molecule has 1 saturated heterocycles. The molecule has 110 valence electrons. The van der Waals surface area contributed by atoms with Gasteiger partial charge in [-0.05, 0) is 38.4 Å². The van der Waals surface area contributed by atoms with E-state index in [2.05, 4.69) is 14.9 Å². The molecular weight excluding hydrogens is 269 g/mol. The lowest BCUT2D eigenvalue weighted by Crippen LogP contribution is -2.25. The van der Waals surface area contributed by atoms with Crippen molar-refractivity contribution in [2.75, 3.05) is 6.54 Å². The molecule has 2 aromatic heterocycles. The van der Waals surface area contributed by atoms with Crippen molar-refractivity contribution in [1.82, 2.24) is 14.9 Å². The van der Waals surface area contributed by atoms with Gasteiger partial charge in [0.15, 0.2) is 5.43 Å². The maximum Gasteiger partial charge on any atom is 0.182 e.